The molecular weight excluding hydrogens is 344 g/mol. The van der Waals surface area contributed by atoms with E-state index in [-0.39, 0.29) is 11.9 Å². The van der Waals surface area contributed by atoms with E-state index in [0.29, 0.717) is 43.4 Å². The smallest absolute Gasteiger partial charge is 0.254 e. The van der Waals surface area contributed by atoms with Crippen LogP contribution >= 0.6 is 0 Å². The number of hydrogen-bond acceptors (Lipinski definition) is 5. The lowest BCUT2D eigenvalue weighted by Gasteiger charge is -2.35. The Morgan fingerprint density at radius 1 is 1.30 bits per heavy atom. The van der Waals surface area contributed by atoms with Crippen LogP contribution in [0.4, 0.5) is 0 Å². The number of aryl methyl sites for hydroxylation is 1. The van der Waals surface area contributed by atoms with Crippen molar-refractivity contribution in [3.05, 3.63) is 42.0 Å². The van der Waals surface area contributed by atoms with Gasteiger partial charge in [-0.1, -0.05) is 6.92 Å². The molecule has 0 bridgehead atoms. The van der Waals surface area contributed by atoms with Crippen molar-refractivity contribution in [1.29, 1.82) is 0 Å². The summed E-state index contributed by atoms with van der Waals surface area (Å²) in [7, 11) is 1.95. The molecule has 146 valence electrons. The third-order valence-corrected chi connectivity index (χ3v) is 4.61. The lowest BCUT2D eigenvalue weighted by molar-refractivity contribution is 0.0620. The number of ether oxygens (including phenoxy) is 2. The highest BCUT2D eigenvalue weighted by atomic mass is 16.5. The first-order valence-corrected chi connectivity index (χ1v) is 9.54. The largest absolute Gasteiger partial charge is 0.490 e. The standard InChI is InChI=1S/C20H28N4O3/c1-4-12-27-17-7-6-15(13-18(17)26-5-2)20(25)24-11-8-21-14-16(24)19-22-9-10-23(19)3/h6-7,9-10,13,16,21H,4-5,8,11-12,14H2,1-3H3. The van der Waals surface area contributed by atoms with Crippen LogP contribution in [0, 0.1) is 0 Å². The minimum atomic E-state index is -0.0992. The van der Waals surface area contributed by atoms with Gasteiger partial charge in [0.05, 0.1) is 13.2 Å². The Morgan fingerprint density at radius 2 is 2.15 bits per heavy atom. The average molecular weight is 372 g/mol. The number of carbonyl (C=O) groups excluding carboxylic acids is 1. The fraction of sp³-hybridized carbons (Fsp3) is 0.500. The van der Waals surface area contributed by atoms with Gasteiger partial charge < -0.3 is 24.3 Å². The number of benzene rings is 1. The van der Waals surface area contributed by atoms with Crippen molar-refractivity contribution < 1.29 is 14.3 Å². The van der Waals surface area contributed by atoms with Gasteiger partial charge in [0.15, 0.2) is 11.5 Å². The van der Waals surface area contributed by atoms with Crippen LogP contribution in [0.25, 0.3) is 0 Å². The first-order chi connectivity index (χ1) is 13.2. The molecule has 7 nitrogen and oxygen atoms in total. The first kappa shape index (κ1) is 19.2. The summed E-state index contributed by atoms with van der Waals surface area (Å²) < 4.78 is 13.4. The van der Waals surface area contributed by atoms with Crippen molar-refractivity contribution >= 4 is 5.91 Å². The van der Waals surface area contributed by atoms with Gasteiger partial charge in [0.1, 0.15) is 11.9 Å². The molecule has 0 aliphatic carbocycles. The van der Waals surface area contributed by atoms with Gasteiger partial charge in [0.25, 0.3) is 5.91 Å². The zero-order valence-electron chi connectivity index (χ0n) is 16.3. The minimum absolute atomic E-state index is 0.0208. The van der Waals surface area contributed by atoms with Crippen LogP contribution in [0.1, 0.15) is 42.5 Å². The van der Waals surface area contributed by atoms with Gasteiger partial charge in [-0.15, -0.1) is 0 Å². The van der Waals surface area contributed by atoms with Crippen LogP contribution in [0.15, 0.2) is 30.6 Å². The average Bonchev–Trinajstić information content (AvgIpc) is 3.12. The number of amides is 1. The molecule has 1 atom stereocenters. The van der Waals surface area contributed by atoms with Gasteiger partial charge in [-0.2, -0.15) is 0 Å². The maximum atomic E-state index is 13.3. The highest BCUT2D eigenvalue weighted by molar-refractivity contribution is 5.95. The third-order valence-electron chi connectivity index (χ3n) is 4.61. The zero-order valence-corrected chi connectivity index (χ0v) is 16.3. The number of nitrogens with one attached hydrogen (secondary N) is 1. The molecule has 0 radical (unpaired) electrons. The molecule has 1 aromatic heterocycles. The molecule has 1 N–H and O–H groups in total. The Balaban J connectivity index is 1.86. The Kier molecular flexibility index (Phi) is 6.34. The molecule has 1 amide bonds. The van der Waals surface area contributed by atoms with Crippen molar-refractivity contribution in [1.82, 2.24) is 19.8 Å². The van der Waals surface area contributed by atoms with E-state index in [4.69, 9.17) is 9.47 Å². The summed E-state index contributed by atoms with van der Waals surface area (Å²) >= 11 is 0. The third kappa shape index (κ3) is 4.24. The summed E-state index contributed by atoms with van der Waals surface area (Å²) in [6, 6.07) is 5.32. The molecule has 1 unspecified atom stereocenters. The molecule has 1 aliphatic heterocycles. The van der Waals surface area contributed by atoms with Crippen LogP contribution in [0.5, 0.6) is 11.5 Å². The van der Waals surface area contributed by atoms with Gasteiger partial charge in [-0.25, -0.2) is 4.98 Å². The number of imidazole rings is 1. The van der Waals surface area contributed by atoms with E-state index >= 15 is 0 Å². The van der Waals surface area contributed by atoms with E-state index in [9.17, 15) is 4.79 Å². The quantitative estimate of drug-likeness (QED) is 0.808. The first-order valence-electron chi connectivity index (χ1n) is 9.54. The molecule has 3 rings (SSSR count). The molecule has 7 heteroatoms. The monoisotopic (exact) mass is 372 g/mol. The van der Waals surface area contributed by atoms with E-state index in [2.05, 4.69) is 17.2 Å². The molecule has 2 aromatic rings. The summed E-state index contributed by atoms with van der Waals surface area (Å²) in [5.74, 6) is 2.15. The van der Waals surface area contributed by atoms with Gasteiger partial charge in [-0.3, -0.25) is 4.79 Å². The number of carbonyl (C=O) groups is 1. The maximum absolute atomic E-state index is 13.3. The second-order valence-electron chi connectivity index (χ2n) is 6.56. The molecule has 1 saturated heterocycles. The molecule has 0 spiro atoms. The van der Waals surface area contributed by atoms with Crippen molar-refractivity contribution in [2.75, 3.05) is 32.8 Å². The summed E-state index contributed by atoms with van der Waals surface area (Å²) in [4.78, 5) is 19.6. The van der Waals surface area contributed by atoms with Crippen LogP contribution in [0.2, 0.25) is 0 Å². The predicted molar refractivity (Wildman–Crippen MR) is 103 cm³/mol. The van der Waals surface area contributed by atoms with Crippen molar-refractivity contribution in [2.45, 2.75) is 26.3 Å². The maximum Gasteiger partial charge on any atom is 0.254 e. The summed E-state index contributed by atoms with van der Waals surface area (Å²) in [6.07, 6.45) is 4.58. The van der Waals surface area contributed by atoms with Gasteiger partial charge >= 0.3 is 0 Å². The number of hydrogen-bond donors (Lipinski definition) is 1. The lowest BCUT2D eigenvalue weighted by atomic mass is 10.1. The highest BCUT2D eigenvalue weighted by Gasteiger charge is 2.31. The zero-order chi connectivity index (χ0) is 19.2. The SMILES string of the molecule is CCCOc1ccc(C(=O)N2CCNCC2c2nccn2C)cc1OCC. The van der Waals surface area contributed by atoms with Crippen LogP contribution < -0.4 is 14.8 Å². The number of piperazine rings is 1. The predicted octanol–water partition coefficient (Wildman–Crippen LogP) is 2.39. The number of rotatable bonds is 7. The van der Waals surface area contributed by atoms with Crippen molar-refractivity contribution in [2.24, 2.45) is 7.05 Å². The fourth-order valence-corrected chi connectivity index (χ4v) is 3.28. The van der Waals surface area contributed by atoms with E-state index in [1.165, 1.54) is 0 Å². The highest BCUT2D eigenvalue weighted by Crippen LogP contribution is 2.30. The molecule has 1 aliphatic rings. The number of nitrogens with zero attached hydrogens (tertiary/aromatic N) is 3. The molecule has 27 heavy (non-hydrogen) atoms. The van der Waals surface area contributed by atoms with Crippen molar-refractivity contribution in [3.8, 4) is 11.5 Å². The van der Waals surface area contributed by atoms with Crippen LogP contribution in [-0.4, -0.2) is 53.2 Å². The topological polar surface area (TPSA) is 68.6 Å². The van der Waals surface area contributed by atoms with Crippen LogP contribution in [0.3, 0.4) is 0 Å². The summed E-state index contributed by atoms with van der Waals surface area (Å²) in [6.45, 7) is 7.20. The Morgan fingerprint density at radius 3 is 2.85 bits per heavy atom. The van der Waals surface area contributed by atoms with Gasteiger partial charge in [0.2, 0.25) is 0 Å². The number of aromatic nitrogens is 2. The van der Waals surface area contributed by atoms with Gasteiger partial charge in [-0.05, 0) is 31.5 Å². The fourth-order valence-electron chi connectivity index (χ4n) is 3.28. The van der Waals surface area contributed by atoms with E-state index in [1.54, 1.807) is 12.3 Å². The normalized spacial score (nSPS) is 17.0. The Bertz CT molecular complexity index is 774. The van der Waals surface area contributed by atoms with E-state index in [0.717, 1.165) is 18.8 Å². The molecular formula is C20H28N4O3. The molecule has 1 aromatic carbocycles. The van der Waals surface area contributed by atoms with Gasteiger partial charge in [0, 0.05) is 44.6 Å². The molecule has 2 heterocycles. The summed E-state index contributed by atoms with van der Waals surface area (Å²) in [5, 5.41) is 3.36. The Hall–Kier alpha value is -2.54. The Labute approximate surface area is 160 Å². The second kappa shape index (κ2) is 8.90. The molecule has 1 fully saturated rings. The lowest BCUT2D eigenvalue weighted by Crippen LogP contribution is -2.49. The summed E-state index contributed by atoms with van der Waals surface area (Å²) in [5.41, 5.74) is 0.600. The second-order valence-corrected chi connectivity index (χ2v) is 6.56. The van der Waals surface area contributed by atoms with Crippen molar-refractivity contribution in [3.63, 3.8) is 0 Å². The minimum Gasteiger partial charge on any atom is -0.490 e. The molecule has 0 saturated carbocycles. The van der Waals surface area contributed by atoms with E-state index in [1.807, 2.05) is 41.8 Å². The van der Waals surface area contributed by atoms with E-state index < -0.39 is 0 Å². The van der Waals surface area contributed by atoms with Crippen LogP contribution in [-0.2, 0) is 7.05 Å².